The molecule has 7 nitrogen and oxygen atoms in total. The summed E-state index contributed by atoms with van der Waals surface area (Å²) < 4.78 is 1.91. The molecule has 0 radical (unpaired) electrons. The number of aromatic nitrogens is 4. The van der Waals surface area contributed by atoms with Crippen LogP contribution in [0.1, 0.15) is 65.6 Å². The van der Waals surface area contributed by atoms with Crippen molar-refractivity contribution in [3.63, 3.8) is 0 Å². The van der Waals surface area contributed by atoms with E-state index >= 15 is 0 Å². The van der Waals surface area contributed by atoms with E-state index in [1.807, 2.05) is 46.1 Å². The molecule has 1 aromatic carbocycles. The summed E-state index contributed by atoms with van der Waals surface area (Å²) in [6.07, 6.45) is 4.58. The summed E-state index contributed by atoms with van der Waals surface area (Å²) in [7, 11) is 0. The number of para-hydroxylation sites is 1. The van der Waals surface area contributed by atoms with Gasteiger partial charge in [-0.3, -0.25) is 4.79 Å². The van der Waals surface area contributed by atoms with Gasteiger partial charge in [0, 0.05) is 38.5 Å². The Labute approximate surface area is 196 Å². The Morgan fingerprint density at radius 2 is 1.76 bits per heavy atom. The van der Waals surface area contributed by atoms with Crippen LogP contribution in [0.5, 0.6) is 0 Å². The van der Waals surface area contributed by atoms with Crippen molar-refractivity contribution >= 4 is 22.8 Å². The number of carbonyl (C=O) groups excluding carboxylic acids is 1. The molecular weight excluding hydrogens is 412 g/mol. The monoisotopic (exact) mass is 448 g/mol. The lowest BCUT2D eigenvalue weighted by atomic mass is 9.91. The number of hydrogen-bond donors (Lipinski definition) is 0. The maximum Gasteiger partial charge on any atom is 0.223 e. The summed E-state index contributed by atoms with van der Waals surface area (Å²) in [6, 6.07) is 10.1. The van der Waals surface area contributed by atoms with Crippen molar-refractivity contribution in [1.29, 1.82) is 0 Å². The molecule has 3 heterocycles. The summed E-state index contributed by atoms with van der Waals surface area (Å²) in [5.74, 6) is 2.31. The molecule has 176 valence electrons. The van der Waals surface area contributed by atoms with Gasteiger partial charge in [-0.05, 0) is 24.0 Å². The first kappa shape index (κ1) is 23.2. The van der Waals surface area contributed by atoms with Crippen LogP contribution in [0.15, 0.2) is 36.5 Å². The van der Waals surface area contributed by atoms with Crippen LogP contribution in [0, 0.1) is 5.41 Å². The number of hydrogen-bond acceptors (Lipinski definition) is 5. The minimum absolute atomic E-state index is 0.00335. The molecule has 1 fully saturated rings. The summed E-state index contributed by atoms with van der Waals surface area (Å²) in [5.41, 5.74) is 1.84. The molecule has 1 saturated heterocycles. The van der Waals surface area contributed by atoms with Gasteiger partial charge in [-0.2, -0.15) is 5.10 Å². The van der Waals surface area contributed by atoms with E-state index in [0.717, 1.165) is 54.3 Å². The fourth-order valence-electron chi connectivity index (χ4n) is 4.42. The molecule has 33 heavy (non-hydrogen) atoms. The second kappa shape index (κ2) is 9.49. The molecule has 0 aliphatic carbocycles. The van der Waals surface area contributed by atoms with E-state index in [9.17, 15) is 4.79 Å². The molecule has 1 atom stereocenters. The number of nitrogens with zero attached hydrogens (tertiary/aromatic N) is 6. The fraction of sp³-hybridized carbons (Fsp3) is 0.538. The van der Waals surface area contributed by atoms with Crippen molar-refractivity contribution in [2.45, 2.75) is 59.8 Å². The number of benzene rings is 1. The zero-order valence-corrected chi connectivity index (χ0v) is 20.6. The number of piperazine rings is 1. The Kier molecular flexibility index (Phi) is 6.68. The van der Waals surface area contributed by atoms with Crippen molar-refractivity contribution in [3.05, 3.63) is 42.4 Å². The fourth-order valence-corrected chi connectivity index (χ4v) is 4.42. The van der Waals surface area contributed by atoms with Gasteiger partial charge in [0.05, 0.1) is 17.3 Å². The molecule has 3 aromatic rings. The normalized spacial score (nSPS) is 15.8. The average molecular weight is 449 g/mol. The van der Waals surface area contributed by atoms with E-state index in [-0.39, 0.29) is 17.2 Å². The van der Waals surface area contributed by atoms with Crippen LogP contribution in [0.4, 0.5) is 5.82 Å². The van der Waals surface area contributed by atoms with E-state index in [1.165, 1.54) is 0 Å². The first-order chi connectivity index (χ1) is 15.8. The molecule has 0 N–H and O–H groups in total. The van der Waals surface area contributed by atoms with Crippen LogP contribution >= 0.6 is 0 Å². The van der Waals surface area contributed by atoms with E-state index in [1.54, 1.807) is 0 Å². The van der Waals surface area contributed by atoms with Crippen molar-refractivity contribution < 1.29 is 4.79 Å². The van der Waals surface area contributed by atoms with Crippen LogP contribution in [0.25, 0.3) is 16.7 Å². The molecule has 1 amide bonds. The van der Waals surface area contributed by atoms with Crippen molar-refractivity contribution in [2.75, 3.05) is 31.1 Å². The Morgan fingerprint density at radius 1 is 1.06 bits per heavy atom. The molecule has 0 bridgehead atoms. The highest BCUT2D eigenvalue weighted by Gasteiger charge is 2.27. The van der Waals surface area contributed by atoms with Gasteiger partial charge >= 0.3 is 0 Å². The van der Waals surface area contributed by atoms with E-state index in [4.69, 9.17) is 9.97 Å². The van der Waals surface area contributed by atoms with Crippen LogP contribution < -0.4 is 4.90 Å². The number of amides is 1. The van der Waals surface area contributed by atoms with Crippen molar-refractivity contribution in [3.8, 4) is 5.69 Å². The Balaban J connectivity index is 1.66. The van der Waals surface area contributed by atoms with Gasteiger partial charge in [-0.1, -0.05) is 59.2 Å². The number of carbonyl (C=O) groups is 1. The molecule has 1 aliphatic heterocycles. The molecular formula is C26H36N6O. The topological polar surface area (TPSA) is 67.2 Å². The quantitative estimate of drug-likeness (QED) is 0.542. The second-order valence-electron chi connectivity index (χ2n) is 10.3. The zero-order chi connectivity index (χ0) is 23.6. The van der Waals surface area contributed by atoms with E-state index in [2.05, 4.69) is 44.6 Å². The van der Waals surface area contributed by atoms with Gasteiger partial charge in [0.15, 0.2) is 5.65 Å². The largest absolute Gasteiger partial charge is 0.352 e. The molecule has 7 heteroatoms. The van der Waals surface area contributed by atoms with Crippen molar-refractivity contribution in [2.24, 2.45) is 5.41 Å². The molecule has 0 unspecified atom stereocenters. The predicted octanol–water partition coefficient (Wildman–Crippen LogP) is 4.80. The Morgan fingerprint density at radius 3 is 2.39 bits per heavy atom. The second-order valence-corrected chi connectivity index (χ2v) is 10.3. The third kappa shape index (κ3) is 5.18. The lowest BCUT2D eigenvalue weighted by Crippen LogP contribution is -2.49. The first-order valence-corrected chi connectivity index (χ1v) is 12.1. The van der Waals surface area contributed by atoms with Gasteiger partial charge in [-0.15, -0.1) is 0 Å². The Hall–Kier alpha value is -2.96. The number of anilines is 1. The highest BCUT2D eigenvalue weighted by Crippen LogP contribution is 2.30. The van der Waals surface area contributed by atoms with Crippen LogP contribution in [-0.2, 0) is 4.79 Å². The smallest absolute Gasteiger partial charge is 0.223 e. The minimum Gasteiger partial charge on any atom is -0.352 e. The van der Waals surface area contributed by atoms with E-state index in [0.29, 0.717) is 19.5 Å². The highest BCUT2D eigenvalue weighted by atomic mass is 16.2. The van der Waals surface area contributed by atoms with Crippen LogP contribution in [0.3, 0.4) is 0 Å². The average Bonchev–Trinajstić information content (AvgIpc) is 3.22. The Bertz CT molecular complexity index is 1090. The molecule has 4 rings (SSSR count). The summed E-state index contributed by atoms with van der Waals surface area (Å²) in [6.45, 7) is 13.7. The molecule has 0 spiro atoms. The summed E-state index contributed by atoms with van der Waals surface area (Å²) >= 11 is 0. The van der Waals surface area contributed by atoms with Gasteiger partial charge in [-0.25, -0.2) is 14.6 Å². The third-order valence-corrected chi connectivity index (χ3v) is 6.20. The lowest BCUT2D eigenvalue weighted by Gasteiger charge is -2.37. The van der Waals surface area contributed by atoms with Gasteiger partial charge in [0.25, 0.3) is 0 Å². The summed E-state index contributed by atoms with van der Waals surface area (Å²) in [4.78, 5) is 27.0. The molecule has 1 aliphatic rings. The van der Waals surface area contributed by atoms with Gasteiger partial charge in [0.2, 0.25) is 5.91 Å². The highest BCUT2D eigenvalue weighted by molar-refractivity contribution is 5.88. The first-order valence-electron chi connectivity index (χ1n) is 12.1. The van der Waals surface area contributed by atoms with Crippen molar-refractivity contribution in [1.82, 2.24) is 24.6 Å². The van der Waals surface area contributed by atoms with Gasteiger partial charge < -0.3 is 9.80 Å². The summed E-state index contributed by atoms with van der Waals surface area (Å²) in [5, 5.41) is 5.63. The SMILES string of the molecule is CCC[C@@H](C)c1nc(N2CCN(C(=O)CC(C)(C)C)CC2)c2cnn(-c3ccccc3)c2n1. The maximum absolute atomic E-state index is 12.7. The maximum atomic E-state index is 12.7. The van der Waals surface area contributed by atoms with Crippen LogP contribution in [0.2, 0.25) is 0 Å². The van der Waals surface area contributed by atoms with Gasteiger partial charge in [0.1, 0.15) is 11.6 Å². The number of fused-ring (bicyclic) bond motifs is 1. The predicted molar refractivity (Wildman–Crippen MR) is 133 cm³/mol. The zero-order valence-electron chi connectivity index (χ0n) is 20.6. The third-order valence-electron chi connectivity index (χ3n) is 6.20. The lowest BCUT2D eigenvalue weighted by molar-refractivity contribution is -0.133. The number of rotatable bonds is 6. The minimum atomic E-state index is 0.00335. The molecule has 2 aromatic heterocycles. The van der Waals surface area contributed by atoms with Crippen LogP contribution in [-0.4, -0.2) is 56.7 Å². The molecule has 0 saturated carbocycles. The van der Waals surface area contributed by atoms with E-state index < -0.39 is 0 Å². The standard InChI is InChI=1S/C26H36N6O/c1-6-10-19(2)23-28-24(31-15-13-30(14-16-31)22(33)17-26(3,4)5)21-18-27-32(25(21)29-23)20-11-8-7-9-12-20/h7-9,11-12,18-19H,6,10,13-17H2,1-5H3/t19-/m1/s1.